The molecule has 13 heteroatoms. The van der Waals surface area contributed by atoms with E-state index in [1.54, 1.807) is 49.6 Å². The number of carbonyl (C=O) groups is 2. The summed E-state index contributed by atoms with van der Waals surface area (Å²) < 4.78 is 12.7. The van der Waals surface area contributed by atoms with Crippen LogP contribution in [-0.2, 0) is 13.7 Å². The van der Waals surface area contributed by atoms with E-state index in [1.807, 2.05) is 0 Å². The summed E-state index contributed by atoms with van der Waals surface area (Å²) in [6, 6.07) is 11.2. The van der Waals surface area contributed by atoms with E-state index in [0.717, 1.165) is 0 Å². The number of hydrogen-bond acceptors (Lipinski definition) is 5. The summed E-state index contributed by atoms with van der Waals surface area (Å²) in [5.74, 6) is -0.425. The summed E-state index contributed by atoms with van der Waals surface area (Å²) in [7, 11) is 1.72. The third-order valence-electron chi connectivity index (χ3n) is 4.76. The van der Waals surface area contributed by atoms with Crippen LogP contribution in [0.15, 0.2) is 53.1 Å². The Hall–Kier alpha value is -2.88. The number of benzene rings is 2. The number of aromatic nitrogens is 2. The van der Waals surface area contributed by atoms with Crippen molar-refractivity contribution in [3.05, 3.63) is 91.0 Å². The molecule has 4 rings (SSSR count). The zero-order valence-corrected chi connectivity index (χ0v) is 22.0. The molecule has 0 aliphatic heterocycles. The molecule has 2 aromatic carbocycles. The summed E-state index contributed by atoms with van der Waals surface area (Å²) in [6.07, 6.45) is 1.67. The van der Waals surface area contributed by atoms with Crippen LogP contribution in [0.1, 0.15) is 26.8 Å². The third kappa shape index (κ3) is 5.74. The molecule has 2 amide bonds. The van der Waals surface area contributed by atoms with Crippen LogP contribution in [0.5, 0.6) is 5.75 Å². The number of carbonyl (C=O) groups excluding carboxylic acids is 2. The van der Waals surface area contributed by atoms with Crippen LogP contribution in [0, 0.1) is 0 Å². The van der Waals surface area contributed by atoms with Gasteiger partial charge in [0.05, 0.1) is 15.1 Å². The number of rotatable bonds is 7. The lowest BCUT2D eigenvalue weighted by Crippen LogP contribution is -2.13. The topological polar surface area (TPSA) is 98.4 Å². The molecule has 0 saturated heterocycles. The van der Waals surface area contributed by atoms with Gasteiger partial charge in [-0.3, -0.25) is 14.3 Å². The molecule has 0 fully saturated rings. The Balaban J connectivity index is 1.36. The minimum Gasteiger partial charge on any atom is -0.482 e. The number of nitrogens with one attached hydrogen (secondary N) is 2. The normalized spacial score (nSPS) is 10.8. The highest BCUT2D eigenvalue weighted by atomic mass is 35.5. The fraction of sp³-hybridized carbons (Fsp3) is 0.0870. The number of amides is 2. The molecular formula is C23H15Cl5N4O4. The SMILES string of the molecule is Cn1ccc(C(=O)Nc2ccc(NC(=O)c3ccc(COc4c(Cl)c(Cl)c(Cl)c(Cl)c4Cl)o3)cc2)n1. The maximum absolute atomic E-state index is 12.6. The molecule has 36 heavy (non-hydrogen) atoms. The van der Waals surface area contributed by atoms with Gasteiger partial charge in [-0.15, -0.1) is 0 Å². The predicted octanol–water partition coefficient (Wildman–Crippen LogP) is 7.36. The van der Waals surface area contributed by atoms with Crippen LogP contribution in [0.2, 0.25) is 25.1 Å². The van der Waals surface area contributed by atoms with Gasteiger partial charge < -0.3 is 19.8 Å². The van der Waals surface area contributed by atoms with Gasteiger partial charge in [-0.2, -0.15) is 5.10 Å². The van der Waals surface area contributed by atoms with Crippen LogP contribution in [0.3, 0.4) is 0 Å². The molecule has 2 heterocycles. The van der Waals surface area contributed by atoms with E-state index in [4.69, 9.17) is 67.2 Å². The van der Waals surface area contributed by atoms with Crippen LogP contribution >= 0.6 is 58.0 Å². The minimum absolute atomic E-state index is 0.000238. The highest BCUT2D eigenvalue weighted by Gasteiger charge is 2.21. The molecule has 0 aliphatic rings. The number of halogens is 5. The molecule has 0 aliphatic carbocycles. The largest absolute Gasteiger partial charge is 0.482 e. The summed E-state index contributed by atoms with van der Waals surface area (Å²) in [4.78, 5) is 24.8. The molecule has 4 aromatic rings. The van der Waals surface area contributed by atoms with E-state index >= 15 is 0 Å². The molecular weight excluding hydrogens is 574 g/mol. The van der Waals surface area contributed by atoms with Gasteiger partial charge in [-0.25, -0.2) is 0 Å². The molecule has 0 unspecified atom stereocenters. The van der Waals surface area contributed by atoms with Gasteiger partial charge in [0.25, 0.3) is 11.8 Å². The number of anilines is 2. The second-order valence-electron chi connectivity index (χ2n) is 7.31. The minimum atomic E-state index is -0.486. The first-order valence-corrected chi connectivity index (χ1v) is 12.0. The third-order valence-corrected chi connectivity index (χ3v) is 7.00. The van der Waals surface area contributed by atoms with Gasteiger partial charge in [-0.05, 0) is 42.5 Å². The molecule has 2 aromatic heterocycles. The molecule has 0 radical (unpaired) electrons. The maximum atomic E-state index is 12.6. The van der Waals surface area contributed by atoms with Gasteiger partial charge in [0.15, 0.2) is 17.2 Å². The van der Waals surface area contributed by atoms with Crippen molar-refractivity contribution in [2.45, 2.75) is 6.61 Å². The number of furan rings is 1. The Labute approximate surface area is 230 Å². The van der Waals surface area contributed by atoms with Crippen molar-refractivity contribution in [1.29, 1.82) is 0 Å². The average Bonchev–Trinajstić information content (AvgIpc) is 3.52. The Morgan fingerprint density at radius 2 is 1.39 bits per heavy atom. The lowest BCUT2D eigenvalue weighted by molar-refractivity contribution is 0.0990. The molecule has 186 valence electrons. The lowest BCUT2D eigenvalue weighted by Gasteiger charge is -2.12. The van der Waals surface area contributed by atoms with Crippen LogP contribution in [0.25, 0.3) is 0 Å². The van der Waals surface area contributed by atoms with Gasteiger partial charge in [0.1, 0.15) is 22.4 Å². The van der Waals surface area contributed by atoms with Crippen molar-refractivity contribution >= 4 is 81.2 Å². The molecule has 0 saturated carbocycles. The van der Waals surface area contributed by atoms with Crippen molar-refractivity contribution in [3.8, 4) is 5.75 Å². The maximum Gasteiger partial charge on any atom is 0.291 e. The van der Waals surface area contributed by atoms with Crippen molar-refractivity contribution in [1.82, 2.24) is 9.78 Å². The first-order valence-electron chi connectivity index (χ1n) is 10.1. The van der Waals surface area contributed by atoms with Gasteiger partial charge in [-0.1, -0.05) is 58.0 Å². The Morgan fingerprint density at radius 1 is 0.833 bits per heavy atom. The zero-order chi connectivity index (χ0) is 26.0. The van der Waals surface area contributed by atoms with E-state index in [2.05, 4.69) is 15.7 Å². The molecule has 0 bridgehead atoms. The highest BCUT2D eigenvalue weighted by Crippen LogP contribution is 2.48. The second kappa shape index (κ2) is 11.0. The first-order chi connectivity index (χ1) is 17.1. The summed E-state index contributed by atoms with van der Waals surface area (Å²) in [5, 5.41) is 9.51. The van der Waals surface area contributed by atoms with Crippen molar-refractivity contribution in [3.63, 3.8) is 0 Å². The number of aryl methyl sites for hydroxylation is 1. The van der Waals surface area contributed by atoms with Crippen LogP contribution in [-0.4, -0.2) is 21.6 Å². The van der Waals surface area contributed by atoms with E-state index in [1.165, 1.54) is 10.7 Å². The van der Waals surface area contributed by atoms with Crippen LogP contribution < -0.4 is 15.4 Å². The van der Waals surface area contributed by atoms with Crippen molar-refractivity contribution in [2.24, 2.45) is 7.05 Å². The predicted molar refractivity (Wildman–Crippen MR) is 140 cm³/mol. The quantitative estimate of drug-likeness (QED) is 0.174. The fourth-order valence-corrected chi connectivity index (χ4v) is 4.22. The van der Waals surface area contributed by atoms with Crippen LogP contribution in [0.4, 0.5) is 11.4 Å². The molecule has 0 atom stereocenters. The summed E-state index contributed by atoms with van der Waals surface area (Å²) in [6.45, 7) is -0.105. The standard InChI is InChI=1S/C23H15Cl5N4O4/c1-32-9-8-14(31-32)22(33)29-11-2-4-12(5-3-11)30-23(34)15-7-6-13(36-15)10-35-21-19(27)17(25)16(24)18(26)20(21)28/h2-9H,10H2,1H3,(H,29,33)(H,30,34). The van der Waals surface area contributed by atoms with Gasteiger partial charge in [0, 0.05) is 24.6 Å². The number of hydrogen-bond donors (Lipinski definition) is 2. The van der Waals surface area contributed by atoms with Crippen molar-refractivity contribution < 1.29 is 18.7 Å². The molecule has 2 N–H and O–H groups in total. The number of nitrogens with zero attached hydrogens (tertiary/aromatic N) is 2. The zero-order valence-electron chi connectivity index (χ0n) is 18.2. The fourth-order valence-electron chi connectivity index (χ4n) is 2.99. The monoisotopic (exact) mass is 586 g/mol. The summed E-state index contributed by atoms with van der Waals surface area (Å²) >= 11 is 30.4. The van der Waals surface area contributed by atoms with E-state index < -0.39 is 5.91 Å². The smallest absolute Gasteiger partial charge is 0.291 e. The van der Waals surface area contributed by atoms with Crippen molar-refractivity contribution in [2.75, 3.05) is 10.6 Å². The summed E-state index contributed by atoms with van der Waals surface area (Å²) in [5.41, 5.74) is 1.33. The highest BCUT2D eigenvalue weighted by molar-refractivity contribution is 6.55. The Kier molecular flexibility index (Phi) is 8.02. The Morgan fingerprint density at radius 3 is 1.94 bits per heavy atom. The van der Waals surface area contributed by atoms with E-state index in [9.17, 15) is 9.59 Å². The molecule has 0 spiro atoms. The lowest BCUT2D eigenvalue weighted by atomic mass is 10.2. The van der Waals surface area contributed by atoms with Gasteiger partial charge >= 0.3 is 0 Å². The Bertz CT molecular complexity index is 1420. The molecule has 8 nitrogen and oxygen atoms in total. The number of ether oxygens (including phenoxy) is 1. The van der Waals surface area contributed by atoms with E-state index in [0.29, 0.717) is 22.8 Å². The second-order valence-corrected chi connectivity index (χ2v) is 9.20. The van der Waals surface area contributed by atoms with E-state index in [-0.39, 0.29) is 49.1 Å². The average molecular weight is 589 g/mol. The first kappa shape index (κ1) is 26.2. The van der Waals surface area contributed by atoms with Gasteiger partial charge in [0.2, 0.25) is 0 Å².